The number of carbonyl (C=O) groups excluding carboxylic acids is 1. The van der Waals surface area contributed by atoms with E-state index >= 15 is 0 Å². The zero-order chi connectivity index (χ0) is 19.8. The lowest BCUT2D eigenvalue weighted by molar-refractivity contribution is -0.125. The summed E-state index contributed by atoms with van der Waals surface area (Å²) in [6, 6.07) is 18.3. The van der Waals surface area contributed by atoms with Gasteiger partial charge in [0, 0.05) is 44.4 Å². The Balaban J connectivity index is 1.61. The Morgan fingerprint density at radius 2 is 1.89 bits per heavy atom. The number of ether oxygens (including phenoxy) is 1. The van der Waals surface area contributed by atoms with Gasteiger partial charge in [0.15, 0.2) is 0 Å². The molecule has 2 N–H and O–H groups in total. The van der Waals surface area contributed by atoms with Gasteiger partial charge in [-0.05, 0) is 29.7 Å². The fourth-order valence-electron chi connectivity index (χ4n) is 3.58. The number of likely N-dealkylation sites (tertiary alicyclic amines) is 1. The molecule has 28 heavy (non-hydrogen) atoms. The Kier molecular flexibility index (Phi) is 7.86. The summed E-state index contributed by atoms with van der Waals surface area (Å²) in [5.74, 6) is 0.0729. The zero-order valence-corrected chi connectivity index (χ0v) is 17.0. The summed E-state index contributed by atoms with van der Waals surface area (Å²) in [6.45, 7) is 3.43. The lowest BCUT2D eigenvalue weighted by Gasteiger charge is -2.23. The first kappa shape index (κ1) is 20.8. The van der Waals surface area contributed by atoms with Crippen molar-refractivity contribution in [3.63, 3.8) is 0 Å². The van der Waals surface area contributed by atoms with Crippen LogP contribution in [0, 0.1) is 0 Å². The van der Waals surface area contributed by atoms with Gasteiger partial charge in [-0.3, -0.25) is 9.69 Å². The Morgan fingerprint density at radius 1 is 1.14 bits per heavy atom. The van der Waals surface area contributed by atoms with E-state index in [-0.39, 0.29) is 18.0 Å². The van der Waals surface area contributed by atoms with Gasteiger partial charge in [0.1, 0.15) is 0 Å². The molecule has 0 bridgehead atoms. The summed E-state index contributed by atoms with van der Waals surface area (Å²) < 4.78 is 5.04. The maximum absolute atomic E-state index is 12.7. The van der Waals surface area contributed by atoms with Gasteiger partial charge in [-0.1, -0.05) is 54.1 Å². The van der Waals surface area contributed by atoms with Crippen LogP contribution in [0.4, 0.5) is 0 Å². The number of methoxy groups -OCH3 is 1. The molecular formula is C22H28ClN3O2. The molecule has 1 aliphatic rings. The topological polar surface area (TPSA) is 53.6 Å². The SMILES string of the molecule is COCCNC(=O)[C@@H]1C[C@@H](NCc2ccc(Cl)cc2)CN1Cc1ccccc1. The maximum Gasteiger partial charge on any atom is 0.237 e. The first-order valence-electron chi connectivity index (χ1n) is 9.68. The first-order chi connectivity index (χ1) is 13.7. The van der Waals surface area contributed by atoms with E-state index in [1.165, 1.54) is 11.1 Å². The molecule has 1 saturated heterocycles. The normalized spacial score (nSPS) is 19.6. The van der Waals surface area contributed by atoms with Crippen LogP contribution in [0.3, 0.4) is 0 Å². The molecule has 1 amide bonds. The average Bonchev–Trinajstić information content (AvgIpc) is 3.11. The van der Waals surface area contributed by atoms with Gasteiger partial charge in [0.05, 0.1) is 12.6 Å². The predicted molar refractivity (Wildman–Crippen MR) is 112 cm³/mol. The smallest absolute Gasteiger partial charge is 0.237 e. The van der Waals surface area contributed by atoms with Crippen molar-refractivity contribution < 1.29 is 9.53 Å². The first-order valence-corrected chi connectivity index (χ1v) is 10.1. The minimum absolute atomic E-state index is 0.0729. The summed E-state index contributed by atoms with van der Waals surface area (Å²) in [6.07, 6.45) is 0.791. The largest absolute Gasteiger partial charge is 0.383 e. The van der Waals surface area contributed by atoms with Crippen molar-refractivity contribution in [3.8, 4) is 0 Å². The van der Waals surface area contributed by atoms with E-state index in [2.05, 4.69) is 27.7 Å². The average molecular weight is 402 g/mol. The van der Waals surface area contributed by atoms with Crippen LogP contribution in [0.15, 0.2) is 54.6 Å². The summed E-state index contributed by atoms with van der Waals surface area (Å²) in [5.41, 5.74) is 2.41. The number of rotatable bonds is 9. The quantitative estimate of drug-likeness (QED) is 0.634. The zero-order valence-electron chi connectivity index (χ0n) is 16.2. The monoisotopic (exact) mass is 401 g/mol. The molecule has 0 radical (unpaired) electrons. The molecule has 0 unspecified atom stereocenters. The third kappa shape index (κ3) is 6.04. The van der Waals surface area contributed by atoms with Crippen molar-refractivity contribution in [1.29, 1.82) is 0 Å². The van der Waals surface area contributed by atoms with Gasteiger partial charge in [-0.15, -0.1) is 0 Å². The lowest BCUT2D eigenvalue weighted by Crippen LogP contribution is -2.43. The van der Waals surface area contributed by atoms with Crippen molar-refractivity contribution in [3.05, 3.63) is 70.7 Å². The molecule has 1 fully saturated rings. The standard InChI is InChI=1S/C22H28ClN3O2/c1-28-12-11-24-22(27)21-13-20(25-14-17-7-9-19(23)10-8-17)16-26(21)15-18-5-3-2-4-6-18/h2-10,20-21,25H,11-16H2,1H3,(H,24,27)/t20-,21+/m1/s1. The van der Waals surface area contributed by atoms with Crippen molar-refractivity contribution in [2.24, 2.45) is 0 Å². The summed E-state index contributed by atoms with van der Waals surface area (Å²) in [4.78, 5) is 15.0. The van der Waals surface area contributed by atoms with Gasteiger partial charge in [0.25, 0.3) is 0 Å². The van der Waals surface area contributed by atoms with E-state index in [4.69, 9.17) is 16.3 Å². The second-order valence-electron chi connectivity index (χ2n) is 7.15. The Labute approximate surface area is 172 Å². The Bertz CT molecular complexity index is 739. The van der Waals surface area contributed by atoms with E-state index in [0.29, 0.717) is 13.2 Å². The number of hydrogen-bond acceptors (Lipinski definition) is 4. The summed E-state index contributed by atoms with van der Waals surface area (Å²) in [7, 11) is 1.64. The number of hydrogen-bond donors (Lipinski definition) is 2. The van der Waals surface area contributed by atoms with Crippen LogP contribution >= 0.6 is 11.6 Å². The number of halogens is 1. The molecule has 0 aliphatic carbocycles. The van der Waals surface area contributed by atoms with E-state index in [1.54, 1.807) is 7.11 Å². The van der Waals surface area contributed by atoms with Crippen LogP contribution in [0.25, 0.3) is 0 Å². The van der Waals surface area contributed by atoms with E-state index in [1.807, 2.05) is 42.5 Å². The second kappa shape index (κ2) is 10.6. The predicted octanol–water partition coefficient (Wildman–Crippen LogP) is 2.84. The lowest BCUT2D eigenvalue weighted by atomic mass is 10.1. The van der Waals surface area contributed by atoms with Crippen LogP contribution in [0.1, 0.15) is 17.5 Å². The third-order valence-corrected chi connectivity index (χ3v) is 5.30. The van der Waals surface area contributed by atoms with E-state index < -0.39 is 0 Å². The highest BCUT2D eigenvalue weighted by atomic mass is 35.5. The van der Waals surface area contributed by atoms with Gasteiger partial charge >= 0.3 is 0 Å². The fourth-order valence-corrected chi connectivity index (χ4v) is 3.70. The van der Waals surface area contributed by atoms with Crippen molar-refractivity contribution in [2.45, 2.75) is 31.6 Å². The summed E-state index contributed by atoms with van der Waals surface area (Å²) >= 11 is 5.96. The van der Waals surface area contributed by atoms with Crippen molar-refractivity contribution in [2.75, 3.05) is 26.8 Å². The number of nitrogens with one attached hydrogen (secondary N) is 2. The molecular weight excluding hydrogens is 374 g/mol. The minimum Gasteiger partial charge on any atom is -0.383 e. The third-order valence-electron chi connectivity index (χ3n) is 5.05. The van der Waals surface area contributed by atoms with Crippen LogP contribution in [0.2, 0.25) is 5.02 Å². The molecule has 0 aromatic heterocycles. The number of carbonyl (C=O) groups is 1. The highest BCUT2D eigenvalue weighted by Gasteiger charge is 2.36. The van der Waals surface area contributed by atoms with Crippen molar-refractivity contribution >= 4 is 17.5 Å². The number of nitrogens with zero attached hydrogens (tertiary/aromatic N) is 1. The Hall–Kier alpha value is -1.92. The molecule has 2 aromatic carbocycles. The second-order valence-corrected chi connectivity index (χ2v) is 7.59. The Morgan fingerprint density at radius 3 is 2.61 bits per heavy atom. The van der Waals surface area contributed by atoms with Crippen LogP contribution in [0.5, 0.6) is 0 Å². The molecule has 6 heteroatoms. The van der Waals surface area contributed by atoms with Crippen molar-refractivity contribution in [1.82, 2.24) is 15.5 Å². The van der Waals surface area contributed by atoms with Gasteiger partial charge in [-0.25, -0.2) is 0 Å². The molecule has 2 aromatic rings. The molecule has 3 rings (SSSR count). The highest BCUT2D eigenvalue weighted by molar-refractivity contribution is 6.30. The fraction of sp³-hybridized carbons (Fsp3) is 0.409. The van der Waals surface area contributed by atoms with E-state index in [0.717, 1.165) is 31.1 Å². The minimum atomic E-state index is -0.139. The maximum atomic E-state index is 12.7. The van der Waals surface area contributed by atoms with Gasteiger partial charge in [0.2, 0.25) is 5.91 Å². The number of benzene rings is 2. The van der Waals surface area contributed by atoms with Gasteiger partial charge in [-0.2, -0.15) is 0 Å². The molecule has 150 valence electrons. The molecule has 1 aliphatic heterocycles. The molecule has 0 spiro atoms. The van der Waals surface area contributed by atoms with Crippen LogP contribution in [-0.2, 0) is 22.6 Å². The molecule has 5 nitrogen and oxygen atoms in total. The van der Waals surface area contributed by atoms with E-state index in [9.17, 15) is 4.79 Å². The van der Waals surface area contributed by atoms with Crippen LogP contribution in [-0.4, -0.2) is 49.7 Å². The molecule has 0 saturated carbocycles. The molecule has 2 atom stereocenters. The summed E-state index contributed by atoms with van der Waals surface area (Å²) in [5, 5.41) is 7.33. The highest BCUT2D eigenvalue weighted by Crippen LogP contribution is 2.21. The molecule has 1 heterocycles. The number of amides is 1. The van der Waals surface area contributed by atoms with Crippen LogP contribution < -0.4 is 10.6 Å². The van der Waals surface area contributed by atoms with Gasteiger partial charge < -0.3 is 15.4 Å².